The molecule has 0 radical (unpaired) electrons. The van der Waals surface area contributed by atoms with E-state index >= 15 is 0 Å². The van der Waals surface area contributed by atoms with E-state index in [0.29, 0.717) is 26.1 Å². The van der Waals surface area contributed by atoms with Gasteiger partial charge in [0.2, 0.25) is 0 Å². The molecule has 2 aliphatic rings. The van der Waals surface area contributed by atoms with E-state index in [2.05, 4.69) is 13.8 Å². The Morgan fingerprint density at radius 2 is 1.85 bits per heavy atom. The fourth-order valence-corrected chi connectivity index (χ4v) is 2.90. The van der Waals surface area contributed by atoms with E-state index in [4.69, 9.17) is 4.74 Å². The predicted octanol–water partition coefficient (Wildman–Crippen LogP) is 1.40. The van der Waals surface area contributed by atoms with Crippen LogP contribution in [0.15, 0.2) is 0 Å². The Balaban J connectivity index is 2.02. The molecule has 6 heteroatoms. The summed E-state index contributed by atoms with van der Waals surface area (Å²) in [6.07, 6.45) is 2.11. The molecule has 2 rings (SSSR count). The van der Waals surface area contributed by atoms with Gasteiger partial charge in [-0.05, 0) is 18.3 Å². The number of aliphatic carboxylic acids is 1. The van der Waals surface area contributed by atoms with Gasteiger partial charge in [0.15, 0.2) is 0 Å². The fourth-order valence-electron chi connectivity index (χ4n) is 2.90. The van der Waals surface area contributed by atoms with E-state index in [0.717, 1.165) is 12.8 Å². The van der Waals surface area contributed by atoms with Crippen molar-refractivity contribution in [3.05, 3.63) is 0 Å². The summed E-state index contributed by atoms with van der Waals surface area (Å²) in [5.41, 5.74) is 0.267. The zero-order chi connectivity index (χ0) is 14.9. The molecule has 114 valence electrons. The molecule has 2 fully saturated rings. The molecule has 2 amide bonds. The van der Waals surface area contributed by atoms with Gasteiger partial charge in [0.1, 0.15) is 6.04 Å². The molecular formula is C14H24N2O4. The minimum atomic E-state index is -0.949. The zero-order valence-electron chi connectivity index (χ0n) is 12.5. The summed E-state index contributed by atoms with van der Waals surface area (Å²) in [6.45, 7) is 6.17. The van der Waals surface area contributed by atoms with Crippen molar-refractivity contribution in [2.75, 3.05) is 26.7 Å². The molecule has 0 bridgehead atoms. The highest BCUT2D eigenvalue weighted by molar-refractivity contribution is 5.83. The Hall–Kier alpha value is -1.30. The van der Waals surface area contributed by atoms with Gasteiger partial charge < -0.3 is 19.6 Å². The lowest BCUT2D eigenvalue weighted by atomic mass is 9.83. The number of urea groups is 1. The SMILES string of the molecule is COC1CC(C(=O)O)N(C(=O)N2CCC(C)(C)CC2)C1. The molecule has 6 nitrogen and oxygen atoms in total. The van der Waals surface area contributed by atoms with Crippen molar-refractivity contribution in [1.29, 1.82) is 0 Å². The first-order valence-corrected chi connectivity index (χ1v) is 7.15. The molecule has 2 aliphatic heterocycles. The number of nitrogens with zero attached hydrogens (tertiary/aromatic N) is 2. The first-order chi connectivity index (χ1) is 9.34. The van der Waals surface area contributed by atoms with Crippen molar-refractivity contribution >= 4 is 12.0 Å². The molecule has 1 N–H and O–H groups in total. The maximum absolute atomic E-state index is 12.5. The number of carbonyl (C=O) groups excluding carboxylic acids is 1. The van der Waals surface area contributed by atoms with Crippen LogP contribution in [-0.2, 0) is 9.53 Å². The molecule has 0 aromatic rings. The van der Waals surface area contributed by atoms with Gasteiger partial charge in [-0.25, -0.2) is 9.59 Å². The molecule has 0 aliphatic carbocycles. The maximum Gasteiger partial charge on any atom is 0.326 e. The zero-order valence-corrected chi connectivity index (χ0v) is 12.5. The fraction of sp³-hybridized carbons (Fsp3) is 0.857. The van der Waals surface area contributed by atoms with Crippen LogP contribution in [0.5, 0.6) is 0 Å². The number of piperidine rings is 1. The van der Waals surface area contributed by atoms with Crippen LogP contribution in [0.4, 0.5) is 4.79 Å². The van der Waals surface area contributed by atoms with E-state index in [1.165, 1.54) is 4.90 Å². The molecular weight excluding hydrogens is 260 g/mol. The van der Waals surface area contributed by atoms with Crippen LogP contribution in [0.1, 0.15) is 33.1 Å². The van der Waals surface area contributed by atoms with E-state index in [1.54, 1.807) is 12.0 Å². The van der Waals surface area contributed by atoms with E-state index < -0.39 is 12.0 Å². The average molecular weight is 284 g/mol. The molecule has 0 aromatic heterocycles. The largest absolute Gasteiger partial charge is 0.480 e. The summed E-state index contributed by atoms with van der Waals surface area (Å²) in [5, 5.41) is 9.26. The van der Waals surface area contributed by atoms with Gasteiger partial charge >= 0.3 is 12.0 Å². The number of methoxy groups -OCH3 is 1. The summed E-state index contributed by atoms with van der Waals surface area (Å²) in [7, 11) is 1.56. The van der Waals surface area contributed by atoms with Gasteiger partial charge in [-0.1, -0.05) is 13.8 Å². The summed E-state index contributed by atoms with van der Waals surface area (Å²) in [5.74, 6) is -0.949. The molecule has 0 saturated carbocycles. The van der Waals surface area contributed by atoms with E-state index in [-0.39, 0.29) is 17.6 Å². The highest BCUT2D eigenvalue weighted by Gasteiger charge is 2.42. The van der Waals surface area contributed by atoms with Gasteiger partial charge in [0, 0.05) is 33.2 Å². The van der Waals surface area contributed by atoms with Crippen molar-refractivity contribution in [3.8, 4) is 0 Å². The molecule has 20 heavy (non-hydrogen) atoms. The molecule has 2 heterocycles. The summed E-state index contributed by atoms with van der Waals surface area (Å²) in [4.78, 5) is 27.0. The van der Waals surface area contributed by atoms with Crippen molar-refractivity contribution in [1.82, 2.24) is 9.80 Å². The summed E-state index contributed by atoms with van der Waals surface area (Å²) >= 11 is 0. The number of carboxylic acids is 1. The standard InChI is InChI=1S/C14H24N2O4/c1-14(2)4-6-15(7-5-14)13(19)16-9-10(20-3)8-11(16)12(17)18/h10-11H,4-9H2,1-3H3,(H,17,18). The highest BCUT2D eigenvalue weighted by atomic mass is 16.5. The van der Waals surface area contributed by atoms with Crippen molar-refractivity contribution in [2.24, 2.45) is 5.41 Å². The Labute approximate surface area is 119 Å². The molecule has 2 unspecified atom stereocenters. The number of ether oxygens (including phenoxy) is 1. The Kier molecular flexibility index (Phi) is 4.22. The number of rotatable bonds is 2. The van der Waals surface area contributed by atoms with Crippen LogP contribution >= 0.6 is 0 Å². The molecule has 0 spiro atoms. The highest BCUT2D eigenvalue weighted by Crippen LogP contribution is 2.31. The van der Waals surface area contributed by atoms with Gasteiger partial charge in [0.25, 0.3) is 0 Å². The minimum Gasteiger partial charge on any atom is -0.480 e. The maximum atomic E-state index is 12.5. The van der Waals surface area contributed by atoms with Crippen molar-refractivity contribution in [3.63, 3.8) is 0 Å². The van der Waals surface area contributed by atoms with Crippen LogP contribution in [-0.4, -0.2) is 65.8 Å². The second-order valence-electron chi connectivity index (χ2n) is 6.53. The quantitative estimate of drug-likeness (QED) is 0.832. The van der Waals surface area contributed by atoms with Gasteiger partial charge in [-0.15, -0.1) is 0 Å². The lowest BCUT2D eigenvalue weighted by Crippen LogP contribution is -2.51. The van der Waals surface area contributed by atoms with Crippen LogP contribution in [0.2, 0.25) is 0 Å². The summed E-state index contributed by atoms with van der Waals surface area (Å²) in [6, 6.07) is -0.921. The normalized spacial score (nSPS) is 29.6. The lowest BCUT2D eigenvalue weighted by molar-refractivity contribution is -0.141. The third kappa shape index (κ3) is 3.06. The Bertz CT molecular complexity index is 387. The van der Waals surface area contributed by atoms with Gasteiger partial charge in [-0.2, -0.15) is 0 Å². The van der Waals surface area contributed by atoms with Crippen LogP contribution in [0, 0.1) is 5.41 Å². The summed E-state index contributed by atoms with van der Waals surface area (Å²) < 4.78 is 5.22. The molecule has 2 saturated heterocycles. The first-order valence-electron chi connectivity index (χ1n) is 7.15. The monoisotopic (exact) mass is 284 g/mol. The third-order valence-electron chi connectivity index (χ3n) is 4.51. The first kappa shape index (κ1) is 15.1. The molecule has 0 aromatic carbocycles. The predicted molar refractivity (Wildman–Crippen MR) is 73.5 cm³/mol. The second-order valence-corrected chi connectivity index (χ2v) is 6.53. The number of likely N-dealkylation sites (tertiary alicyclic amines) is 2. The topological polar surface area (TPSA) is 70.1 Å². The Morgan fingerprint density at radius 3 is 2.35 bits per heavy atom. The lowest BCUT2D eigenvalue weighted by Gasteiger charge is -2.39. The van der Waals surface area contributed by atoms with Crippen LogP contribution in [0.3, 0.4) is 0 Å². The second kappa shape index (κ2) is 5.60. The number of carbonyl (C=O) groups is 2. The average Bonchev–Trinajstić information content (AvgIpc) is 2.82. The van der Waals surface area contributed by atoms with E-state index in [1.807, 2.05) is 0 Å². The number of amides is 2. The Morgan fingerprint density at radius 1 is 1.25 bits per heavy atom. The number of carboxylic acid groups (broad SMARTS) is 1. The van der Waals surface area contributed by atoms with Crippen molar-refractivity contribution in [2.45, 2.75) is 45.3 Å². The van der Waals surface area contributed by atoms with E-state index in [9.17, 15) is 14.7 Å². The van der Waals surface area contributed by atoms with Crippen LogP contribution in [0.25, 0.3) is 0 Å². The molecule has 2 atom stereocenters. The number of hydrogen-bond acceptors (Lipinski definition) is 3. The van der Waals surface area contributed by atoms with Gasteiger partial charge in [0.05, 0.1) is 6.10 Å². The minimum absolute atomic E-state index is 0.160. The third-order valence-corrected chi connectivity index (χ3v) is 4.51. The number of hydrogen-bond donors (Lipinski definition) is 1. The van der Waals surface area contributed by atoms with Crippen molar-refractivity contribution < 1.29 is 19.4 Å². The van der Waals surface area contributed by atoms with Crippen LogP contribution < -0.4 is 0 Å². The smallest absolute Gasteiger partial charge is 0.326 e. The van der Waals surface area contributed by atoms with Gasteiger partial charge in [-0.3, -0.25) is 0 Å².